The Morgan fingerprint density at radius 1 is 1.24 bits per heavy atom. The van der Waals surface area contributed by atoms with Crippen LogP contribution in [0.15, 0.2) is 57.6 Å². The number of carbonyl (C=O) groups excluding carboxylic acids is 1. The highest BCUT2D eigenvalue weighted by Gasteiger charge is 2.14. The van der Waals surface area contributed by atoms with Gasteiger partial charge in [0.05, 0.1) is 12.8 Å². The van der Waals surface area contributed by atoms with Gasteiger partial charge in [-0.25, -0.2) is 0 Å². The monoisotopic (exact) mass is 374 g/mol. The van der Waals surface area contributed by atoms with Crippen LogP contribution in [0.2, 0.25) is 5.02 Å². The minimum atomic E-state index is -0.429. The Hall–Kier alpha value is -2.57. The number of rotatable bonds is 4. The zero-order chi connectivity index (χ0) is 17.8. The van der Waals surface area contributed by atoms with Crippen LogP contribution in [0.3, 0.4) is 0 Å². The number of nitrogens with one attached hydrogen (secondary N) is 2. The first kappa shape index (κ1) is 17.3. The van der Waals surface area contributed by atoms with Crippen LogP contribution < -0.4 is 10.6 Å². The van der Waals surface area contributed by atoms with Crippen LogP contribution in [-0.2, 0) is 6.54 Å². The van der Waals surface area contributed by atoms with Crippen LogP contribution in [0, 0.1) is 6.92 Å². The van der Waals surface area contributed by atoms with Crippen LogP contribution in [0.25, 0.3) is 11.3 Å². The van der Waals surface area contributed by atoms with Gasteiger partial charge in [-0.1, -0.05) is 23.7 Å². The van der Waals surface area contributed by atoms with E-state index in [0.29, 0.717) is 23.1 Å². The summed E-state index contributed by atoms with van der Waals surface area (Å²) in [5, 5.41) is 6.28. The molecule has 1 aromatic carbocycles. The average Bonchev–Trinajstić information content (AvgIpc) is 3.27. The van der Waals surface area contributed by atoms with Crippen molar-refractivity contribution < 1.29 is 13.6 Å². The van der Waals surface area contributed by atoms with Crippen molar-refractivity contribution in [3.8, 4) is 11.3 Å². The Morgan fingerprint density at radius 2 is 2.08 bits per heavy atom. The third kappa shape index (κ3) is 4.29. The maximum atomic E-state index is 12.2. The van der Waals surface area contributed by atoms with E-state index in [-0.39, 0.29) is 10.9 Å². The Balaban J connectivity index is 1.62. The Labute approximate surface area is 155 Å². The van der Waals surface area contributed by atoms with Gasteiger partial charge in [0.15, 0.2) is 10.9 Å². The fourth-order valence-electron chi connectivity index (χ4n) is 2.15. The lowest BCUT2D eigenvalue weighted by atomic mass is 10.1. The first-order valence-electron chi connectivity index (χ1n) is 7.51. The molecule has 0 spiro atoms. The van der Waals surface area contributed by atoms with Gasteiger partial charge in [-0.3, -0.25) is 10.1 Å². The minimum absolute atomic E-state index is 0.161. The molecule has 2 aromatic heterocycles. The summed E-state index contributed by atoms with van der Waals surface area (Å²) in [6.45, 7) is 2.31. The second kappa shape index (κ2) is 7.55. The number of benzene rings is 1. The lowest BCUT2D eigenvalue weighted by Crippen LogP contribution is -2.38. The van der Waals surface area contributed by atoms with Crippen molar-refractivity contribution in [1.29, 1.82) is 0 Å². The molecular weight excluding hydrogens is 360 g/mol. The molecule has 0 saturated carbocycles. The molecule has 0 fully saturated rings. The number of aryl methyl sites for hydroxylation is 1. The fourth-order valence-corrected chi connectivity index (χ4v) is 2.50. The molecule has 0 bridgehead atoms. The highest BCUT2D eigenvalue weighted by atomic mass is 35.5. The molecule has 3 aromatic rings. The molecule has 128 valence electrons. The molecule has 2 heterocycles. The number of hydrogen-bond donors (Lipinski definition) is 2. The van der Waals surface area contributed by atoms with Crippen molar-refractivity contribution in [2.45, 2.75) is 13.5 Å². The third-order valence-electron chi connectivity index (χ3n) is 3.52. The van der Waals surface area contributed by atoms with Gasteiger partial charge in [-0.15, -0.1) is 0 Å². The largest absolute Gasteiger partial charge is 0.467 e. The van der Waals surface area contributed by atoms with Gasteiger partial charge in [0.2, 0.25) is 0 Å². The summed E-state index contributed by atoms with van der Waals surface area (Å²) in [7, 11) is 0. The topological polar surface area (TPSA) is 67.4 Å². The number of amides is 1. The number of furan rings is 2. The second-order valence-electron chi connectivity index (χ2n) is 5.34. The van der Waals surface area contributed by atoms with E-state index in [9.17, 15) is 4.79 Å². The molecule has 0 unspecified atom stereocenters. The number of carbonyl (C=O) groups is 1. The van der Waals surface area contributed by atoms with Crippen molar-refractivity contribution in [1.82, 2.24) is 10.6 Å². The summed E-state index contributed by atoms with van der Waals surface area (Å²) < 4.78 is 10.8. The fraction of sp³-hybridized carbons (Fsp3) is 0.111. The van der Waals surface area contributed by atoms with Gasteiger partial charge < -0.3 is 14.2 Å². The first-order chi connectivity index (χ1) is 12.0. The molecule has 0 aliphatic rings. The van der Waals surface area contributed by atoms with Gasteiger partial charge in [0.25, 0.3) is 5.91 Å². The third-order valence-corrected chi connectivity index (χ3v) is 4.17. The van der Waals surface area contributed by atoms with Crippen LogP contribution in [0.1, 0.15) is 21.9 Å². The molecule has 0 aliphatic heterocycles. The first-order valence-corrected chi connectivity index (χ1v) is 8.29. The van der Waals surface area contributed by atoms with Crippen LogP contribution in [-0.4, -0.2) is 11.0 Å². The van der Waals surface area contributed by atoms with Crippen molar-refractivity contribution in [2.24, 2.45) is 0 Å². The Kier molecular flexibility index (Phi) is 5.21. The number of hydrogen-bond acceptors (Lipinski definition) is 4. The predicted octanol–water partition coefficient (Wildman–Crippen LogP) is 4.31. The smallest absolute Gasteiger partial charge is 0.293 e. The Morgan fingerprint density at radius 3 is 2.80 bits per heavy atom. The van der Waals surface area contributed by atoms with E-state index in [0.717, 1.165) is 11.1 Å². The van der Waals surface area contributed by atoms with Crippen molar-refractivity contribution in [3.05, 3.63) is 70.8 Å². The van der Waals surface area contributed by atoms with E-state index in [1.54, 1.807) is 30.5 Å². The summed E-state index contributed by atoms with van der Waals surface area (Å²) >= 11 is 11.2. The van der Waals surface area contributed by atoms with E-state index in [1.165, 1.54) is 0 Å². The molecule has 7 heteroatoms. The normalized spacial score (nSPS) is 10.5. The maximum Gasteiger partial charge on any atom is 0.293 e. The van der Waals surface area contributed by atoms with Gasteiger partial charge in [0.1, 0.15) is 11.5 Å². The SMILES string of the molecule is Cc1ccc(-c2ccc(C(=O)NC(=S)NCc3ccco3)o2)cc1Cl. The molecule has 25 heavy (non-hydrogen) atoms. The van der Waals surface area contributed by atoms with Crippen molar-refractivity contribution in [2.75, 3.05) is 0 Å². The standard InChI is InChI=1S/C18H15ClN2O3S/c1-11-4-5-12(9-14(11)19)15-6-7-16(24-15)17(22)21-18(25)20-10-13-3-2-8-23-13/h2-9H,10H2,1H3,(H2,20,21,22,25). The lowest BCUT2D eigenvalue weighted by molar-refractivity contribution is 0.0950. The van der Waals surface area contributed by atoms with Gasteiger partial charge in [-0.05, 0) is 55.0 Å². The summed E-state index contributed by atoms with van der Waals surface area (Å²) in [6.07, 6.45) is 1.57. The Bertz CT molecular complexity index is 903. The van der Waals surface area contributed by atoms with Crippen LogP contribution >= 0.6 is 23.8 Å². The average molecular weight is 375 g/mol. The highest BCUT2D eigenvalue weighted by Crippen LogP contribution is 2.26. The zero-order valence-corrected chi connectivity index (χ0v) is 14.9. The van der Waals surface area contributed by atoms with E-state index >= 15 is 0 Å². The molecule has 3 rings (SSSR count). The van der Waals surface area contributed by atoms with Crippen molar-refractivity contribution in [3.63, 3.8) is 0 Å². The summed E-state index contributed by atoms with van der Waals surface area (Å²) in [5.74, 6) is 1.00. The quantitative estimate of drug-likeness (QED) is 0.666. The molecular formula is C18H15ClN2O3S. The van der Waals surface area contributed by atoms with Gasteiger partial charge >= 0.3 is 0 Å². The molecule has 0 atom stereocenters. The van der Waals surface area contributed by atoms with E-state index in [1.807, 2.05) is 25.1 Å². The predicted molar refractivity (Wildman–Crippen MR) is 99.5 cm³/mol. The molecule has 5 nitrogen and oxygen atoms in total. The van der Waals surface area contributed by atoms with Crippen LogP contribution in [0.5, 0.6) is 0 Å². The summed E-state index contributed by atoms with van der Waals surface area (Å²) in [5.41, 5.74) is 1.77. The van der Waals surface area contributed by atoms with E-state index in [4.69, 9.17) is 32.7 Å². The maximum absolute atomic E-state index is 12.2. The zero-order valence-electron chi connectivity index (χ0n) is 13.3. The summed E-state index contributed by atoms with van der Waals surface area (Å²) in [6, 6.07) is 12.5. The highest BCUT2D eigenvalue weighted by molar-refractivity contribution is 7.80. The molecule has 1 amide bonds. The molecule has 0 saturated heterocycles. The minimum Gasteiger partial charge on any atom is -0.467 e. The number of halogens is 1. The molecule has 2 N–H and O–H groups in total. The van der Waals surface area contributed by atoms with Gasteiger partial charge in [-0.2, -0.15) is 0 Å². The lowest BCUT2D eigenvalue weighted by Gasteiger charge is -2.07. The number of thiocarbonyl (C=S) groups is 1. The van der Waals surface area contributed by atoms with E-state index < -0.39 is 5.91 Å². The molecule has 0 radical (unpaired) electrons. The van der Waals surface area contributed by atoms with Crippen LogP contribution in [0.4, 0.5) is 0 Å². The molecule has 0 aliphatic carbocycles. The second-order valence-corrected chi connectivity index (χ2v) is 6.16. The summed E-state index contributed by atoms with van der Waals surface area (Å²) in [4.78, 5) is 12.2. The van der Waals surface area contributed by atoms with Crippen molar-refractivity contribution >= 4 is 34.8 Å². The van der Waals surface area contributed by atoms with Gasteiger partial charge in [0, 0.05) is 10.6 Å². The van der Waals surface area contributed by atoms with E-state index in [2.05, 4.69) is 10.6 Å².